The molecule has 2 rings (SSSR count). The summed E-state index contributed by atoms with van der Waals surface area (Å²) in [5, 5.41) is 3.56. The first kappa shape index (κ1) is 26.0. The van der Waals surface area contributed by atoms with E-state index in [-0.39, 0.29) is 33.3 Å². The molecule has 0 atom stereocenters. The minimum atomic E-state index is 0. The van der Waals surface area contributed by atoms with Crippen molar-refractivity contribution in [2.75, 3.05) is 13.1 Å². The van der Waals surface area contributed by atoms with Crippen LogP contribution >= 0.6 is 0 Å². The summed E-state index contributed by atoms with van der Waals surface area (Å²) in [7, 11) is 0. The Morgan fingerprint density at radius 2 is 0.926 bits per heavy atom. The van der Waals surface area contributed by atoms with Crippen LogP contribution in [0.4, 0.5) is 0 Å². The summed E-state index contributed by atoms with van der Waals surface area (Å²) in [5.41, 5.74) is 11.1. The van der Waals surface area contributed by atoms with Crippen molar-refractivity contribution in [1.82, 2.24) is 5.32 Å². The maximum absolute atomic E-state index is 3.56. The number of benzene rings is 2. The van der Waals surface area contributed by atoms with Gasteiger partial charge in [-0.15, -0.1) is 24.3 Å². The smallest absolute Gasteiger partial charge is 0 e. The van der Waals surface area contributed by atoms with Gasteiger partial charge in [0.1, 0.15) is 0 Å². The molecule has 0 aliphatic rings. The summed E-state index contributed by atoms with van der Waals surface area (Å²) in [6, 6.07) is 9.09. The quantitative estimate of drug-likeness (QED) is 0.246. The first-order valence-electron chi connectivity index (χ1n) is 9.41. The summed E-state index contributed by atoms with van der Waals surface area (Å²) in [5.74, 6) is 0. The van der Waals surface area contributed by atoms with Gasteiger partial charge in [-0.25, -0.2) is 0 Å². The third-order valence-electron chi connectivity index (χ3n) is 4.82. The molecule has 27 heavy (non-hydrogen) atoms. The minimum Gasteiger partial charge on any atom is -0.358 e. The van der Waals surface area contributed by atoms with Gasteiger partial charge in [-0.3, -0.25) is 0 Å². The Bertz CT molecular complexity index is 611. The third kappa shape index (κ3) is 7.87. The standard InChI is InChI=1S/C24H33N.CH3.Hf/c1-17-13-19(3)23(20(4)14-17)9-7-11-25-12-8-10-24-21(5)15-18(2)16-22(24)6;;/h9-10,13-16,25H,7-8,11-12H2,1-6H3;1H3;/q-2;-1;. The fraction of sp³-hybridized carbons (Fsp3) is 0.400. The van der Waals surface area contributed by atoms with E-state index in [9.17, 15) is 0 Å². The van der Waals surface area contributed by atoms with Crippen LogP contribution in [0.15, 0.2) is 24.3 Å². The molecule has 0 aliphatic carbocycles. The van der Waals surface area contributed by atoms with Crippen molar-refractivity contribution < 1.29 is 25.8 Å². The van der Waals surface area contributed by atoms with Gasteiger partial charge in [0.15, 0.2) is 0 Å². The van der Waals surface area contributed by atoms with Gasteiger partial charge in [0.25, 0.3) is 0 Å². The number of aryl methyl sites for hydroxylation is 6. The van der Waals surface area contributed by atoms with Crippen molar-refractivity contribution in [3.63, 3.8) is 0 Å². The van der Waals surface area contributed by atoms with Gasteiger partial charge in [0, 0.05) is 25.8 Å². The van der Waals surface area contributed by atoms with E-state index in [4.69, 9.17) is 0 Å². The predicted octanol–water partition coefficient (Wildman–Crippen LogP) is 6.16. The van der Waals surface area contributed by atoms with E-state index in [1.165, 1.54) is 44.5 Å². The zero-order valence-electron chi connectivity index (χ0n) is 18.3. The van der Waals surface area contributed by atoms with Crippen molar-refractivity contribution in [3.05, 3.63) is 89.0 Å². The Morgan fingerprint density at radius 3 is 1.22 bits per heavy atom. The molecule has 0 spiro atoms. The van der Waals surface area contributed by atoms with Crippen LogP contribution in [0.3, 0.4) is 0 Å². The van der Waals surface area contributed by atoms with Gasteiger partial charge in [-0.05, 0) is 26.9 Å². The summed E-state index contributed by atoms with van der Waals surface area (Å²) in [6.07, 6.45) is 6.89. The van der Waals surface area contributed by atoms with Crippen LogP contribution in [0.25, 0.3) is 0 Å². The molecule has 0 bridgehead atoms. The van der Waals surface area contributed by atoms with Crippen molar-refractivity contribution >= 4 is 0 Å². The zero-order valence-corrected chi connectivity index (χ0v) is 21.9. The number of rotatable bonds is 8. The van der Waals surface area contributed by atoms with Crippen LogP contribution in [-0.2, 0) is 25.8 Å². The molecule has 2 heteroatoms. The summed E-state index contributed by atoms with van der Waals surface area (Å²) in [4.78, 5) is 0. The average molecular weight is 529 g/mol. The van der Waals surface area contributed by atoms with Crippen LogP contribution in [0.1, 0.15) is 57.3 Å². The maximum Gasteiger partial charge on any atom is 0 e. The fourth-order valence-electron chi connectivity index (χ4n) is 3.79. The Balaban J connectivity index is 0.00000338. The van der Waals surface area contributed by atoms with Gasteiger partial charge in [-0.2, -0.15) is 46.2 Å². The normalized spacial score (nSPS) is 10.0. The number of nitrogens with one attached hydrogen (secondary N) is 1. The van der Waals surface area contributed by atoms with Crippen LogP contribution < -0.4 is 5.32 Å². The Hall–Kier alpha value is -0.990. The first-order chi connectivity index (χ1) is 11.9. The van der Waals surface area contributed by atoms with Gasteiger partial charge in [0.2, 0.25) is 0 Å². The zero-order chi connectivity index (χ0) is 18.4. The molecule has 0 radical (unpaired) electrons. The first-order valence-corrected chi connectivity index (χ1v) is 9.41. The molecule has 0 heterocycles. The molecule has 0 amide bonds. The number of hydrogen-bond donors (Lipinski definition) is 1. The second-order valence-electron chi connectivity index (χ2n) is 7.36. The van der Waals surface area contributed by atoms with E-state index in [0.717, 1.165) is 25.9 Å². The van der Waals surface area contributed by atoms with Crippen molar-refractivity contribution in [2.45, 2.75) is 54.4 Å². The predicted molar refractivity (Wildman–Crippen MR) is 117 cm³/mol. The minimum absolute atomic E-state index is 0. The van der Waals surface area contributed by atoms with Gasteiger partial charge >= 0.3 is 0 Å². The topological polar surface area (TPSA) is 12.0 Å². The maximum atomic E-state index is 3.56. The molecule has 1 nitrogen and oxygen atoms in total. The molecule has 0 saturated carbocycles. The monoisotopic (exact) mass is 530 g/mol. The molecular formula is C25H36HfN-3. The van der Waals surface area contributed by atoms with Gasteiger partial charge < -0.3 is 12.7 Å². The molecule has 2 aromatic carbocycles. The Kier molecular flexibility index (Phi) is 12.0. The van der Waals surface area contributed by atoms with E-state index in [2.05, 4.69) is 84.0 Å². The summed E-state index contributed by atoms with van der Waals surface area (Å²) >= 11 is 0. The van der Waals surface area contributed by atoms with E-state index >= 15 is 0 Å². The van der Waals surface area contributed by atoms with Crippen LogP contribution in [0, 0.1) is 61.8 Å². The van der Waals surface area contributed by atoms with E-state index in [1.807, 2.05) is 0 Å². The molecule has 148 valence electrons. The van der Waals surface area contributed by atoms with Crippen LogP contribution in [0.2, 0.25) is 0 Å². The molecule has 0 fully saturated rings. The second-order valence-corrected chi connectivity index (χ2v) is 7.36. The average Bonchev–Trinajstić information content (AvgIpc) is 2.50. The SMILES string of the molecule is Cc1cc(C)c([CH-]CCNCC[CH-]c2c(C)cc(C)cc2C)c(C)c1.[CH3-].[Hf]. The molecule has 0 unspecified atom stereocenters. The summed E-state index contributed by atoms with van der Waals surface area (Å²) in [6.45, 7) is 15.2. The van der Waals surface area contributed by atoms with Crippen molar-refractivity contribution in [3.8, 4) is 0 Å². The van der Waals surface area contributed by atoms with E-state index in [0.29, 0.717) is 0 Å². The molecule has 0 aliphatic heterocycles. The number of hydrogen-bond acceptors (Lipinski definition) is 1. The van der Waals surface area contributed by atoms with Crippen molar-refractivity contribution in [2.24, 2.45) is 0 Å². The molecule has 0 saturated heterocycles. The largest absolute Gasteiger partial charge is 0.358 e. The molecule has 1 N–H and O–H groups in total. The van der Waals surface area contributed by atoms with Crippen LogP contribution in [-0.4, -0.2) is 13.1 Å². The van der Waals surface area contributed by atoms with E-state index in [1.54, 1.807) is 0 Å². The summed E-state index contributed by atoms with van der Waals surface area (Å²) < 4.78 is 0. The van der Waals surface area contributed by atoms with Gasteiger partial charge in [0.05, 0.1) is 0 Å². The fourth-order valence-corrected chi connectivity index (χ4v) is 3.79. The molecule has 0 aromatic heterocycles. The van der Waals surface area contributed by atoms with Crippen molar-refractivity contribution in [1.29, 1.82) is 0 Å². The van der Waals surface area contributed by atoms with Crippen LogP contribution in [0.5, 0.6) is 0 Å². The molecular weight excluding hydrogens is 493 g/mol. The Labute approximate surface area is 187 Å². The molecule has 2 aromatic rings. The second kappa shape index (κ2) is 12.5. The third-order valence-corrected chi connectivity index (χ3v) is 4.82. The van der Waals surface area contributed by atoms with Gasteiger partial charge in [-0.1, -0.05) is 51.7 Å². The Morgan fingerprint density at radius 1 is 0.630 bits per heavy atom. The van der Waals surface area contributed by atoms with E-state index < -0.39 is 0 Å².